The molecule has 2 rings (SSSR count). The number of hydrogen-bond donors (Lipinski definition) is 1. The summed E-state index contributed by atoms with van der Waals surface area (Å²) >= 11 is 1.40. The molecule has 1 aliphatic rings. The van der Waals surface area contributed by atoms with Gasteiger partial charge in [0, 0.05) is 19.3 Å². The Morgan fingerprint density at radius 3 is 2.61 bits per heavy atom. The zero-order valence-electron chi connectivity index (χ0n) is 10.4. The van der Waals surface area contributed by atoms with Gasteiger partial charge in [-0.3, -0.25) is 9.69 Å². The van der Waals surface area contributed by atoms with Gasteiger partial charge in [0.25, 0.3) is 5.91 Å². The average Bonchev–Trinajstić information content (AvgIpc) is 2.75. The Labute approximate surface area is 108 Å². The molecule has 0 atom stereocenters. The van der Waals surface area contributed by atoms with Gasteiger partial charge in [-0.15, -0.1) is 5.10 Å². The summed E-state index contributed by atoms with van der Waals surface area (Å²) in [6.45, 7) is 3.71. The summed E-state index contributed by atoms with van der Waals surface area (Å²) in [5, 5.41) is 14.3. The van der Waals surface area contributed by atoms with Gasteiger partial charge < -0.3 is 5.32 Å². The first-order valence-corrected chi connectivity index (χ1v) is 6.39. The molecule has 8 nitrogen and oxygen atoms in total. The standard InChI is InChI=1S/C9H14N6O2S/c1-9(2)6(16)15(7(17)10-9)4-5-18-8-11-12-13-14(8)3/h4-5H2,1-3H3,(H,10,17). The van der Waals surface area contributed by atoms with E-state index in [0.717, 1.165) is 0 Å². The number of rotatable bonds is 4. The third-order valence-electron chi connectivity index (χ3n) is 2.57. The number of thioether (sulfide) groups is 1. The van der Waals surface area contributed by atoms with E-state index in [4.69, 9.17) is 0 Å². The van der Waals surface area contributed by atoms with E-state index in [9.17, 15) is 9.59 Å². The van der Waals surface area contributed by atoms with Crippen molar-refractivity contribution in [3.8, 4) is 0 Å². The number of hydrogen-bond acceptors (Lipinski definition) is 6. The SMILES string of the molecule is Cn1nnnc1SCCN1C(=O)NC(C)(C)C1=O. The van der Waals surface area contributed by atoms with E-state index in [2.05, 4.69) is 20.8 Å². The van der Waals surface area contributed by atoms with Gasteiger partial charge in [-0.1, -0.05) is 11.8 Å². The van der Waals surface area contributed by atoms with Crippen molar-refractivity contribution in [2.45, 2.75) is 24.5 Å². The molecule has 2 heterocycles. The van der Waals surface area contributed by atoms with E-state index in [-0.39, 0.29) is 11.9 Å². The van der Waals surface area contributed by atoms with Crippen molar-refractivity contribution in [2.75, 3.05) is 12.3 Å². The van der Waals surface area contributed by atoms with Gasteiger partial charge in [0.15, 0.2) is 0 Å². The van der Waals surface area contributed by atoms with Crippen molar-refractivity contribution in [3.63, 3.8) is 0 Å². The maximum atomic E-state index is 11.9. The maximum Gasteiger partial charge on any atom is 0.325 e. The lowest BCUT2D eigenvalue weighted by molar-refractivity contribution is -0.130. The van der Waals surface area contributed by atoms with Gasteiger partial charge in [0.2, 0.25) is 5.16 Å². The second-order valence-corrected chi connectivity index (χ2v) is 5.51. The lowest BCUT2D eigenvalue weighted by Gasteiger charge is -2.15. The Bertz CT molecular complexity index is 485. The van der Waals surface area contributed by atoms with E-state index >= 15 is 0 Å². The van der Waals surface area contributed by atoms with Gasteiger partial charge in [0.05, 0.1) is 0 Å². The number of carbonyl (C=O) groups excluding carboxylic acids is 2. The molecule has 1 aromatic rings. The highest BCUT2D eigenvalue weighted by atomic mass is 32.2. The van der Waals surface area contributed by atoms with Crippen molar-refractivity contribution < 1.29 is 9.59 Å². The molecule has 0 aromatic carbocycles. The summed E-state index contributed by atoms with van der Waals surface area (Å²) in [4.78, 5) is 24.7. The molecule has 1 fully saturated rings. The largest absolute Gasteiger partial charge is 0.325 e. The molecule has 0 radical (unpaired) electrons. The van der Waals surface area contributed by atoms with E-state index in [1.807, 2.05) is 0 Å². The highest BCUT2D eigenvalue weighted by Gasteiger charge is 2.43. The number of nitrogens with zero attached hydrogens (tertiary/aromatic N) is 5. The minimum atomic E-state index is -0.811. The van der Waals surface area contributed by atoms with Crippen LogP contribution in [0.15, 0.2) is 5.16 Å². The fourth-order valence-corrected chi connectivity index (χ4v) is 2.37. The van der Waals surface area contributed by atoms with Crippen LogP contribution in [0.5, 0.6) is 0 Å². The van der Waals surface area contributed by atoms with Crippen LogP contribution in [0.3, 0.4) is 0 Å². The summed E-state index contributed by atoms with van der Waals surface area (Å²) in [6.07, 6.45) is 0. The second kappa shape index (κ2) is 4.56. The monoisotopic (exact) mass is 270 g/mol. The smallest absolute Gasteiger partial charge is 0.324 e. The third kappa shape index (κ3) is 2.30. The maximum absolute atomic E-state index is 11.9. The van der Waals surface area contributed by atoms with Crippen LogP contribution < -0.4 is 5.32 Å². The zero-order valence-corrected chi connectivity index (χ0v) is 11.2. The quantitative estimate of drug-likeness (QED) is 0.593. The lowest BCUT2D eigenvalue weighted by Crippen LogP contribution is -2.40. The van der Waals surface area contributed by atoms with Crippen LogP contribution in [0.1, 0.15) is 13.8 Å². The first-order valence-electron chi connectivity index (χ1n) is 5.41. The molecule has 0 saturated carbocycles. The number of nitrogens with one attached hydrogen (secondary N) is 1. The van der Waals surface area contributed by atoms with Crippen LogP contribution in [-0.4, -0.2) is 54.9 Å². The predicted octanol–water partition coefficient (Wildman–Crippen LogP) is -0.367. The van der Waals surface area contributed by atoms with Crippen LogP contribution in [-0.2, 0) is 11.8 Å². The predicted molar refractivity (Wildman–Crippen MR) is 63.8 cm³/mol. The Balaban J connectivity index is 1.90. The van der Waals surface area contributed by atoms with Gasteiger partial charge in [0.1, 0.15) is 5.54 Å². The van der Waals surface area contributed by atoms with Crippen LogP contribution in [0, 0.1) is 0 Å². The number of imide groups is 1. The van der Waals surface area contributed by atoms with Gasteiger partial charge in [-0.2, -0.15) is 0 Å². The van der Waals surface area contributed by atoms with Crippen LogP contribution in [0.25, 0.3) is 0 Å². The molecule has 18 heavy (non-hydrogen) atoms. The molecule has 1 aromatic heterocycles. The zero-order chi connectivity index (χ0) is 13.3. The number of amides is 3. The molecule has 0 bridgehead atoms. The molecular formula is C9H14N6O2S. The number of aromatic nitrogens is 4. The lowest BCUT2D eigenvalue weighted by atomic mass is 10.1. The van der Waals surface area contributed by atoms with Gasteiger partial charge >= 0.3 is 6.03 Å². The average molecular weight is 270 g/mol. The van der Waals surface area contributed by atoms with Gasteiger partial charge in [-0.05, 0) is 24.3 Å². The molecular weight excluding hydrogens is 256 g/mol. The summed E-state index contributed by atoms with van der Waals surface area (Å²) < 4.78 is 1.54. The van der Waals surface area contributed by atoms with Crippen LogP contribution in [0.2, 0.25) is 0 Å². The summed E-state index contributed by atoms with van der Waals surface area (Å²) in [5.41, 5.74) is -0.811. The number of tetrazole rings is 1. The number of aryl methyl sites for hydroxylation is 1. The second-order valence-electron chi connectivity index (χ2n) is 4.45. The van der Waals surface area contributed by atoms with E-state index in [0.29, 0.717) is 17.5 Å². The Kier molecular flexibility index (Phi) is 3.24. The molecule has 1 saturated heterocycles. The highest BCUT2D eigenvalue weighted by Crippen LogP contribution is 2.18. The fourth-order valence-electron chi connectivity index (χ4n) is 1.59. The van der Waals surface area contributed by atoms with E-state index < -0.39 is 5.54 Å². The van der Waals surface area contributed by atoms with Crippen molar-refractivity contribution in [1.82, 2.24) is 30.4 Å². The molecule has 3 amide bonds. The normalized spacial score (nSPS) is 18.3. The minimum absolute atomic E-state index is 0.204. The first-order chi connectivity index (χ1) is 8.42. The fraction of sp³-hybridized carbons (Fsp3) is 0.667. The van der Waals surface area contributed by atoms with Gasteiger partial charge in [-0.25, -0.2) is 9.48 Å². The topological polar surface area (TPSA) is 93.0 Å². The molecule has 0 spiro atoms. The van der Waals surface area contributed by atoms with E-state index in [1.165, 1.54) is 16.7 Å². The van der Waals surface area contributed by atoms with Crippen molar-refractivity contribution in [2.24, 2.45) is 7.05 Å². The molecule has 0 aliphatic carbocycles. The van der Waals surface area contributed by atoms with Crippen molar-refractivity contribution in [3.05, 3.63) is 0 Å². The molecule has 0 unspecified atom stereocenters. The number of urea groups is 1. The molecule has 98 valence electrons. The summed E-state index contributed by atoms with van der Waals surface area (Å²) in [7, 11) is 1.74. The Morgan fingerprint density at radius 2 is 2.11 bits per heavy atom. The summed E-state index contributed by atoms with van der Waals surface area (Å²) in [6, 6.07) is -0.346. The summed E-state index contributed by atoms with van der Waals surface area (Å²) in [5.74, 6) is 0.355. The molecule has 1 N–H and O–H groups in total. The Hall–Kier alpha value is -1.64. The highest BCUT2D eigenvalue weighted by molar-refractivity contribution is 7.99. The third-order valence-corrected chi connectivity index (χ3v) is 3.56. The van der Waals surface area contributed by atoms with Crippen LogP contribution >= 0.6 is 11.8 Å². The van der Waals surface area contributed by atoms with Crippen LogP contribution in [0.4, 0.5) is 4.79 Å². The minimum Gasteiger partial charge on any atom is -0.324 e. The number of carbonyl (C=O) groups is 2. The van der Waals surface area contributed by atoms with E-state index in [1.54, 1.807) is 25.6 Å². The van der Waals surface area contributed by atoms with Crippen molar-refractivity contribution >= 4 is 23.7 Å². The molecule has 9 heteroatoms. The van der Waals surface area contributed by atoms with Crippen molar-refractivity contribution in [1.29, 1.82) is 0 Å². The Morgan fingerprint density at radius 1 is 1.39 bits per heavy atom. The first kappa shape index (κ1) is 12.8. The molecule has 1 aliphatic heterocycles.